The van der Waals surface area contributed by atoms with Crippen LogP contribution in [0.3, 0.4) is 0 Å². The number of ether oxygens (including phenoxy) is 2. The largest absolute Gasteiger partial charge is 0.462 e. The van der Waals surface area contributed by atoms with E-state index in [1.165, 1.54) is 5.56 Å². The van der Waals surface area contributed by atoms with Gasteiger partial charge in [-0.3, -0.25) is 9.59 Å². The predicted octanol–water partition coefficient (Wildman–Crippen LogP) is 4.93. The van der Waals surface area contributed by atoms with Crippen LogP contribution in [0.5, 0.6) is 5.75 Å². The Balaban J connectivity index is 1.69. The molecule has 2 fully saturated rings. The highest BCUT2D eigenvalue weighted by molar-refractivity contribution is 5.72. The van der Waals surface area contributed by atoms with Gasteiger partial charge in [0.25, 0.3) is 0 Å². The van der Waals surface area contributed by atoms with Crippen LogP contribution in [0.2, 0.25) is 0 Å². The quantitative estimate of drug-likeness (QED) is 0.376. The van der Waals surface area contributed by atoms with E-state index in [1.54, 1.807) is 0 Å². The second-order valence-corrected chi connectivity index (χ2v) is 10.4. The Bertz CT molecular complexity index is 962. The summed E-state index contributed by atoms with van der Waals surface area (Å²) in [6, 6.07) is 5.91. The lowest BCUT2D eigenvalue weighted by molar-refractivity contribution is -0.159. The van der Waals surface area contributed by atoms with Crippen LogP contribution in [0.25, 0.3) is 0 Å². The van der Waals surface area contributed by atoms with Gasteiger partial charge in [-0.2, -0.15) is 0 Å². The van der Waals surface area contributed by atoms with E-state index in [4.69, 9.17) is 15.9 Å². The van der Waals surface area contributed by atoms with Crippen LogP contribution >= 0.6 is 0 Å². The average Bonchev–Trinajstić information content (AvgIpc) is 3.05. The Kier molecular flexibility index (Phi) is 6.60. The van der Waals surface area contributed by atoms with Crippen LogP contribution in [0.4, 0.5) is 0 Å². The summed E-state index contributed by atoms with van der Waals surface area (Å²) in [4.78, 5) is 24.6. The zero-order chi connectivity index (χ0) is 23.8. The molecule has 0 radical (unpaired) electrons. The average molecular weight is 453 g/mol. The van der Waals surface area contributed by atoms with Crippen molar-refractivity contribution in [3.63, 3.8) is 0 Å². The molecule has 0 aromatic heterocycles. The molecule has 0 unspecified atom stereocenters. The number of fused-ring (bicyclic) bond motifs is 5. The van der Waals surface area contributed by atoms with Crippen molar-refractivity contribution in [1.29, 1.82) is 0 Å². The Morgan fingerprint density at radius 3 is 2.58 bits per heavy atom. The first-order chi connectivity index (χ1) is 15.8. The Morgan fingerprint density at radius 1 is 1.15 bits per heavy atom. The van der Waals surface area contributed by atoms with E-state index in [0.29, 0.717) is 31.4 Å². The third kappa shape index (κ3) is 4.08. The molecule has 0 bridgehead atoms. The number of benzene rings is 1. The summed E-state index contributed by atoms with van der Waals surface area (Å²) in [5.41, 5.74) is 0.835. The Labute approximate surface area is 197 Å². The van der Waals surface area contributed by atoms with Crippen molar-refractivity contribution in [2.75, 3.05) is 0 Å². The summed E-state index contributed by atoms with van der Waals surface area (Å²) in [6.45, 7) is 6.04. The molecule has 5 nitrogen and oxygen atoms in total. The van der Waals surface area contributed by atoms with Crippen molar-refractivity contribution in [3.8, 4) is 18.1 Å². The number of hydrogen-bond donors (Lipinski definition) is 1. The van der Waals surface area contributed by atoms with Crippen LogP contribution in [-0.2, 0) is 20.7 Å². The molecule has 0 amide bonds. The molecule has 0 aliphatic heterocycles. The smallest absolute Gasteiger partial charge is 0.311 e. The molecule has 2 saturated carbocycles. The van der Waals surface area contributed by atoms with Crippen LogP contribution in [0.1, 0.15) is 89.2 Å². The van der Waals surface area contributed by atoms with E-state index in [-0.39, 0.29) is 41.2 Å². The van der Waals surface area contributed by atoms with Crippen LogP contribution in [0, 0.1) is 29.6 Å². The fourth-order valence-electron chi connectivity index (χ4n) is 6.81. The fraction of sp³-hybridized carbons (Fsp3) is 0.643. The number of rotatable bonds is 6. The molecule has 1 aromatic carbocycles. The maximum absolute atomic E-state index is 12.6. The molecule has 5 heteroatoms. The van der Waals surface area contributed by atoms with E-state index in [1.807, 2.05) is 26.0 Å². The second kappa shape index (κ2) is 9.14. The topological polar surface area (TPSA) is 72.8 Å². The molecule has 0 heterocycles. The van der Waals surface area contributed by atoms with Crippen LogP contribution < -0.4 is 4.74 Å². The molecule has 178 valence electrons. The molecule has 4 rings (SSSR count). The maximum Gasteiger partial charge on any atom is 0.311 e. The third-order valence-corrected chi connectivity index (χ3v) is 8.51. The number of terminal acetylenes is 1. The van der Waals surface area contributed by atoms with Gasteiger partial charge in [-0.1, -0.05) is 32.8 Å². The van der Waals surface area contributed by atoms with Gasteiger partial charge in [0.05, 0.1) is 0 Å². The van der Waals surface area contributed by atoms with E-state index < -0.39 is 5.60 Å². The van der Waals surface area contributed by atoms with Crippen LogP contribution in [-0.4, -0.2) is 28.8 Å². The Morgan fingerprint density at radius 2 is 1.88 bits per heavy atom. The standard InChI is InChI=1S/C28H36O5/c1-5-8-24(29)32-19-10-11-20-18(16-19)17-23(33-25(30)9-6-2)26-21(20)12-14-27(4)22(26)13-15-28(27,31)7-3/h3,10-11,16,21-23,26,31H,5-6,8-9,12-15,17H2,1-2,4H3/t21-,22+,23-,26-,27+,28+/m1/s1. The predicted molar refractivity (Wildman–Crippen MR) is 126 cm³/mol. The van der Waals surface area contributed by atoms with E-state index in [0.717, 1.165) is 37.7 Å². The van der Waals surface area contributed by atoms with Gasteiger partial charge >= 0.3 is 11.9 Å². The zero-order valence-electron chi connectivity index (χ0n) is 20.1. The summed E-state index contributed by atoms with van der Waals surface area (Å²) in [5.74, 6) is 3.38. The number of aliphatic hydroxyl groups is 1. The molecule has 3 aliphatic carbocycles. The van der Waals surface area contributed by atoms with E-state index >= 15 is 0 Å². The SMILES string of the molecule is C#C[C@]1(O)CC[C@H]2[C@H]3[C@H](CC[C@@]21C)c1ccc(OC(=O)CCC)cc1C[C@H]3OC(=O)CCC. The second-order valence-electron chi connectivity index (χ2n) is 10.4. The monoisotopic (exact) mass is 452 g/mol. The number of hydrogen-bond acceptors (Lipinski definition) is 5. The first kappa shape index (κ1) is 23.8. The number of carbonyl (C=O) groups is 2. The van der Waals surface area contributed by atoms with Gasteiger partial charge < -0.3 is 14.6 Å². The van der Waals surface area contributed by atoms with Gasteiger partial charge in [0, 0.05) is 30.6 Å². The number of esters is 2. The zero-order valence-corrected chi connectivity index (χ0v) is 20.1. The summed E-state index contributed by atoms with van der Waals surface area (Å²) in [5, 5.41) is 11.3. The number of carbonyl (C=O) groups excluding carboxylic acids is 2. The van der Waals surface area contributed by atoms with Gasteiger partial charge in [0.15, 0.2) is 0 Å². The first-order valence-electron chi connectivity index (χ1n) is 12.5. The molecule has 3 aliphatic rings. The summed E-state index contributed by atoms with van der Waals surface area (Å²) in [6.07, 6.45) is 11.5. The summed E-state index contributed by atoms with van der Waals surface area (Å²) < 4.78 is 11.6. The van der Waals surface area contributed by atoms with E-state index in [9.17, 15) is 14.7 Å². The van der Waals surface area contributed by atoms with Crippen molar-refractivity contribution in [2.24, 2.45) is 17.3 Å². The van der Waals surface area contributed by atoms with Crippen LogP contribution in [0.15, 0.2) is 18.2 Å². The minimum atomic E-state index is -1.11. The van der Waals surface area contributed by atoms with E-state index in [2.05, 4.69) is 18.9 Å². The minimum absolute atomic E-state index is 0.118. The highest BCUT2D eigenvalue weighted by Gasteiger charge is 2.63. The van der Waals surface area contributed by atoms with Crippen molar-refractivity contribution in [3.05, 3.63) is 29.3 Å². The van der Waals surface area contributed by atoms with Gasteiger partial charge in [0.1, 0.15) is 17.5 Å². The molecule has 6 atom stereocenters. The highest BCUT2D eigenvalue weighted by Crippen LogP contribution is 2.64. The fourth-order valence-corrected chi connectivity index (χ4v) is 6.81. The van der Waals surface area contributed by atoms with Gasteiger partial charge in [-0.25, -0.2) is 0 Å². The minimum Gasteiger partial charge on any atom is -0.462 e. The molecule has 0 saturated heterocycles. The molecular weight excluding hydrogens is 416 g/mol. The lowest BCUT2D eigenvalue weighted by Crippen LogP contribution is -2.53. The van der Waals surface area contributed by atoms with Gasteiger partial charge in [0.2, 0.25) is 0 Å². The lowest BCUT2D eigenvalue weighted by Gasteiger charge is -2.53. The summed E-state index contributed by atoms with van der Waals surface area (Å²) >= 11 is 0. The summed E-state index contributed by atoms with van der Waals surface area (Å²) in [7, 11) is 0. The highest BCUT2D eigenvalue weighted by atomic mass is 16.5. The van der Waals surface area contributed by atoms with Crippen molar-refractivity contribution in [2.45, 2.75) is 96.2 Å². The molecule has 1 aromatic rings. The molecule has 33 heavy (non-hydrogen) atoms. The maximum atomic E-state index is 12.6. The lowest BCUT2D eigenvalue weighted by atomic mass is 9.52. The van der Waals surface area contributed by atoms with Crippen molar-refractivity contribution < 1.29 is 24.2 Å². The normalized spacial score (nSPS) is 34.4. The van der Waals surface area contributed by atoms with Gasteiger partial charge in [-0.05, 0) is 73.6 Å². The molecular formula is C28H36O5. The van der Waals surface area contributed by atoms with Gasteiger partial charge in [-0.15, -0.1) is 6.42 Å². The van der Waals surface area contributed by atoms with Crippen molar-refractivity contribution >= 4 is 11.9 Å². The molecule has 0 spiro atoms. The Hall–Kier alpha value is -2.32. The third-order valence-electron chi connectivity index (χ3n) is 8.51. The first-order valence-corrected chi connectivity index (χ1v) is 12.5. The van der Waals surface area contributed by atoms with Crippen molar-refractivity contribution in [1.82, 2.24) is 0 Å². The molecule has 1 N–H and O–H groups in total.